The van der Waals surface area contributed by atoms with Crippen LogP contribution in [0.1, 0.15) is 61.7 Å². The zero-order chi connectivity index (χ0) is 28.2. The van der Waals surface area contributed by atoms with Crippen molar-refractivity contribution in [3.63, 3.8) is 0 Å². The van der Waals surface area contributed by atoms with E-state index in [1.54, 1.807) is 12.4 Å². The molecule has 0 aliphatic carbocycles. The van der Waals surface area contributed by atoms with E-state index in [2.05, 4.69) is 88.7 Å². The van der Waals surface area contributed by atoms with Crippen LogP contribution in [0.15, 0.2) is 78.9 Å². The lowest BCUT2D eigenvalue weighted by atomic mass is 10.0. The molecule has 2 aromatic carbocycles. The number of hydrogen-bond donors (Lipinski definition) is 4. The van der Waals surface area contributed by atoms with Crippen LogP contribution in [0.2, 0.25) is 5.02 Å². The molecule has 0 spiro atoms. The number of pyridine rings is 2. The fourth-order valence-corrected chi connectivity index (χ4v) is 5.22. The molecule has 0 saturated heterocycles. The van der Waals surface area contributed by atoms with Crippen LogP contribution in [0, 0.1) is 19.3 Å². The largest absolute Gasteiger partial charge is 0.377 e. The number of nitrogens with one attached hydrogen (secondary N) is 4. The molecular formula is C32H34ClN7. The van der Waals surface area contributed by atoms with Crippen LogP contribution in [0.3, 0.4) is 0 Å². The highest BCUT2D eigenvalue weighted by atomic mass is 35.5. The van der Waals surface area contributed by atoms with Gasteiger partial charge in [0.2, 0.25) is 0 Å². The van der Waals surface area contributed by atoms with E-state index < -0.39 is 0 Å². The van der Waals surface area contributed by atoms with Gasteiger partial charge in [-0.05, 0) is 51.0 Å². The van der Waals surface area contributed by atoms with Crippen molar-refractivity contribution in [1.82, 2.24) is 25.9 Å². The number of benzene rings is 2. The van der Waals surface area contributed by atoms with Crippen LogP contribution in [-0.2, 0) is 0 Å². The molecule has 4 aromatic rings. The van der Waals surface area contributed by atoms with Crippen LogP contribution in [0.5, 0.6) is 0 Å². The first-order chi connectivity index (χ1) is 19.4. The summed E-state index contributed by atoms with van der Waals surface area (Å²) in [7, 11) is 0. The molecule has 3 heterocycles. The molecule has 5 rings (SSSR count). The number of aryl methyl sites for hydroxylation is 1. The van der Waals surface area contributed by atoms with Crippen LogP contribution < -0.4 is 21.6 Å². The molecule has 8 heteroatoms. The summed E-state index contributed by atoms with van der Waals surface area (Å²) in [6.45, 7) is 8.42. The van der Waals surface area contributed by atoms with E-state index in [9.17, 15) is 0 Å². The zero-order valence-electron chi connectivity index (χ0n) is 23.2. The second-order valence-corrected chi connectivity index (χ2v) is 10.5. The van der Waals surface area contributed by atoms with E-state index in [1.165, 1.54) is 5.56 Å². The molecule has 2 atom stereocenters. The lowest BCUT2D eigenvalue weighted by molar-refractivity contribution is 0.221. The number of aromatic nitrogens is 2. The molecule has 2 aromatic heterocycles. The fraction of sp³-hybridized carbons (Fsp3) is 0.250. The molecule has 40 heavy (non-hydrogen) atoms. The van der Waals surface area contributed by atoms with Crippen LogP contribution in [-0.4, -0.2) is 21.0 Å². The van der Waals surface area contributed by atoms with Crippen molar-refractivity contribution in [2.45, 2.75) is 52.2 Å². The Morgan fingerprint density at radius 2 is 1.88 bits per heavy atom. The minimum absolute atomic E-state index is 0.0704. The number of terminal acetylenes is 1. The third kappa shape index (κ3) is 5.55. The maximum atomic E-state index is 6.86. The summed E-state index contributed by atoms with van der Waals surface area (Å²) in [5, 5.41) is 10.8. The Morgan fingerprint density at radius 3 is 2.55 bits per heavy atom. The molecule has 7 nitrogen and oxygen atoms in total. The summed E-state index contributed by atoms with van der Waals surface area (Å²) in [6.07, 6.45) is 12.4. The Balaban J connectivity index is 1.59. The van der Waals surface area contributed by atoms with Gasteiger partial charge in [0.05, 0.1) is 39.6 Å². The van der Waals surface area contributed by atoms with E-state index in [4.69, 9.17) is 18.0 Å². The predicted molar refractivity (Wildman–Crippen MR) is 164 cm³/mol. The molecule has 1 aliphatic rings. The van der Waals surface area contributed by atoms with E-state index in [1.807, 2.05) is 42.3 Å². The van der Waals surface area contributed by atoms with Gasteiger partial charge in [0.15, 0.2) is 0 Å². The normalized spacial score (nSPS) is 14.4. The van der Waals surface area contributed by atoms with Gasteiger partial charge in [0, 0.05) is 47.0 Å². The Labute approximate surface area is 241 Å². The maximum Gasteiger partial charge on any atom is 0.0961 e. The Hall–Kier alpha value is -4.25. The van der Waals surface area contributed by atoms with Crippen LogP contribution >= 0.6 is 11.6 Å². The number of anilines is 2. The topological polar surface area (TPSA) is 77.1 Å². The minimum atomic E-state index is -0.216. The van der Waals surface area contributed by atoms with Crippen molar-refractivity contribution in [1.29, 1.82) is 0 Å². The van der Waals surface area contributed by atoms with Crippen molar-refractivity contribution >= 4 is 33.9 Å². The van der Waals surface area contributed by atoms with Crippen molar-refractivity contribution in [3.8, 4) is 12.3 Å². The molecule has 0 saturated carbocycles. The van der Waals surface area contributed by atoms with E-state index in [-0.39, 0.29) is 18.1 Å². The average molecular weight is 552 g/mol. The number of hydrogen-bond acceptors (Lipinski definition) is 7. The van der Waals surface area contributed by atoms with E-state index in [0.717, 1.165) is 40.1 Å². The van der Waals surface area contributed by atoms with Gasteiger partial charge < -0.3 is 16.1 Å². The summed E-state index contributed by atoms with van der Waals surface area (Å²) in [6, 6.07) is 18.5. The maximum absolute atomic E-state index is 6.86. The molecule has 0 bridgehead atoms. The quantitative estimate of drug-likeness (QED) is 0.169. The summed E-state index contributed by atoms with van der Waals surface area (Å²) in [5.74, 6) is 2.81. The highest BCUT2D eigenvalue weighted by Gasteiger charge is 2.25. The first-order valence-corrected chi connectivity index (χ1v) is 13.9. The molecule has 1 aliphatic heterocycles. The molecule has 0 unspecified atom stereocenters. The molecule has 204 valence electrons. The number of rotatable bonds is 9. The summed E-state index contributed by atoms with van der Waals surface area (Å²) in [4.78, 5) is 9.17. The van der Waals surface area contributed by atoms with Gasteiger partial charge in [-0.3, -0.25) is 15.0 Å². The van der Waals surface area contributed by atoms with Crippen molar-refractivity contribution in [2.24, 2.45) is 0 Å². The second kappa shape index (κ2) is 11.9. The lowest BCUT2D eigenvalue weighted by Gasteiger charge is -2.24. The van der Waals surface area contributed by atoms with Gasteiger partial charge in [-0.2, -0.15) is 0 Å². The van der Waals surface area contributed by atoms with Gasteiger partial charge in [0.1, 0.15) is 0 Å². The Bertz CT molecular complexity index is 1580. The van der Waals surface area contributed by atoms with Gasteiger partial charge in [0.25, 0.3) is 0 Å². The van der Waals surface area contributed by atoms with Crippen molar-refractivity contribution in [2.75, 3.05) is 10.6 Å². The number of hydrazine groups is 2. The summed E-state index contributed by atoms with van der Waals surface area (Å²) in [5.41, 5.74) is 13.8. The summed E-state index contributed by atoms with van der Waals surface area (Å²) < 4.78 is 0. The lowest BCUT2D eigenvalue weighted by Crippen LogP contribution is -2.41. The summed E-state index contributed by atoms with van der Waals surface area (Å²) >= 11 is 6.86. The standard InChI is InChI=1S/C32H34ClN7/c1-6-22-18-35-31-26(30(22)37-28(7-2)23-12-9-8-10-13-23)16-24(17-27(31)33)36-32(25-14-11-15-34-21(25)5)29-19-40(20(3)4)39-38-29/h1,8-20,28,32,36,38-39H,7H2,2-5H3,(H,35,37)/t28-,32+/m1/s1. The van der Waals surface area contributed by atoms with Gasteiger partial charge in [-0.1, -0.05) is 60.8 Å². The molecule has 0 radical (unpaired) electrons. The van der Waals surface area contributed by atoms with E-state index >= 15 is 0 Å². The average Bonchev–Trinajstić information content (AvgIpc) is 3.46. The molecule has 0 amide bonds. The van der Waals surface area contributed by atoms with E-state index in [0.29, 0.717) is 16.1 Å². The first kappa shape index (κ1) is 27.3. The van der Waals surface area contributed by atoms with Gasteiger partial charge in [-0.15, -0.1) is 12.0 Å². The molecule has 0 fully saturated rings. The van der Waals surface area contributed by atoms with Gasteiger partial charge in [-0.25, -0.2) is 0 Å². The smallest absolute Gasteiger partial charge is 0.0961 e. The SMILES string of the molecule is C#Cc1cnc2c(Cl)cc(N[C@H](C3=CN(C(C)C)NN3)c3cccnc3C)cc2c1N[C@H](CC)c1ccccc1. The monoisotopic (exact) mass is 551 g/mol. The Morgan fingerprint density at radius 1 is 1.07 bits per heavy atom. The Kier molecular flexibility index (Phi) is 8.11. The van der Waals surface area contributed by atoms with Crippen molar-refractivity contribution < 1.29 is 0 Å². The van der Waals surface area contributed by atoms with Crippen molar-refractivity contribution in [3.05, 3.63) is 106 Å². The minimum Gasteiger partial charge on any atom is -0.377 e. The third-order valence-electron chi connectivity index (χ3n) is 7.15. The molecular weight excluding hydrogens is 518 g/mol. The second-order valence-electron chi connectivity index (χ2n) is 10.1. The zero-order valence-corrected chi connectivity index (χ0v) is 23.9. The highest BCUT2D eigenvalue weighted by Crippen LogP contribution is 2.37. The molecule has 4 N–H and O–H groups in total. The predicted octanol–water partition coefficient (Wildman–Crippen LogP) is 6.86. The number of nitrogens with zero attached hydrogens (tertiary/aromatic N) is 3. The number of halogens is 1. The fourth-order valence-electron chi connectivity index (χ4n) is 4.95. The van der Waals surface area contributed by atoms with Crippen LogP contribution in [0.25, 0.3) is 10.9 Å². The van der Waals surface area contributed by atoms with Crippen LogP contribution in [0.4, 0.5) is 11.4 Å². The first-order valence-electron chi connectivity index (χ1n) is 13.5. The highest BCUT2D eigenvalue weighted by molar-refractivity contribution is 6.35. The van der Waals surface area contributed by atoms with Gasteiger partial charge >= 0.3 is 0 Å². The number of fused-ring (bicyclic) bond motifs is 1. The third-order valence-corrected chi connectivity index (χ3v) is 7.44.